The first-order chi connectivity index (χ1) is 11.8. The van der Waals surface area contributed by atoms with Gasteiger partial charge in [0.25, 0.3) is 0 Å². The van der Waals surface area contributed by atoms with E-state index in [0.717, 1.165) is 22.4 Å². The van der Waals surface area contributed by atoms with Crippen LogP contribution in [0.15, 0.2) is 12.1 Å². The molecule has 1 fully saturated rings. The van der Waals surface area contributed by atoms with E-state index in [1.54, 1.807) is 7.05 Å². The van der Waals surface area contributed by atoms with Crippen molar-refractivity contribution in [1.29, 1.82) is 0 Å². The van der Waals surface area contributed by atoms with E-state index in [9.17, 15) is 9.59 Å². The Bertz CT molecular complexity index is 634. The van der Waals surface area contributed by atoms with Crippen molar-refractivity contribution >= 4 is 29.9 Å². The second-order valence-corrected chi connectivity index (χ2v) is 7.08. The summed E-state index contributed by atoms with van der Waals surface area (Å²) in [5.41, 5.74) is 9.28. The van der Waals surface area contributed by atoms with Crippen molar-refractivity contribution in [3.05, 3.63) is 28.8 Å². The van der Waals surface area contributed by atoms with E-state index in [1.165, 1.54) is 4.90 Å². The van der Waals surface area contributed by atoms with Crippen LogP contribution in [-0.2, 0) is 14.3 Å². The van der Waals surface area contributed by atoms with E-state index in [2.05, 4.69) is 5.32 Å². The molecule has 26 heavy (non-hydrogen) atoms. The Labute approximate surface area is 161 Å². The molecule has 3 N–H and O–H groups in total. The highest BCUT2D eigenvalue weighted by atomic mass is 35.5. The zero-order valence-electron chi connectivity index (χ0n) is 16.1. The number of hydrogen-bond donors (Lipinski definition) is 2. The van der Waals surface area contributed by atoms with Gasteiger partial charge in [-0.15, -0.1) is 12.4 Å². The van der Waals surface area contributed by atoms with Crippen LogP contribution >= 0.6 is 12.4 Å². The van der Waals surface area contributed by atoms with Gasteiger partial charge in [0.15, 0.2) is 0 Å². The number of amides is 2. The second-order valence-electron chi connectivity index (χ2n) is 7.08. The van der Waals surface area contributed by atoms with Crippen LogP contribution in [0.25, 0.3) is 0 Å². The van der Waals surface area contributed by atoms with Crippen LogP contribution in [0.2, 0.25) is 0 Å². The number of carbonyl (C=O) groups excluding carboxylic acids is 2. The molecule has 1 aromatic rings. The lowest BCUT2D eigenvalue weighted by Crippen LogP contribution is -2.51. The molecule has 7 heteroatoms. The minimum atomic E-state index is -0.608. The third-order valence-corrected chi connectivity index (χ3v) is 4.96. The zero-order chi connectivity index (χ0) is 18.6. The van der Waals surface area contributed by atoms with Gasteiger partial charge in [-0.25, -0.2) is 0 Å². The molecule has 0 atom stereocenters. The number of ether oxygens (including phenoxy) is 1. The summed E-state index contributed by atoms with van der Waals surface area (Å²) in [4.78, 5) is 26.7. The van der Waals surface area contributed by atoms with Gasteiger partial charge in [-0.1, -0.05) is 17.7 Å². The van der Waals surface area contributed by atoms with Crippen molar-refractivity contribution in [3.8, 4) is 0 Å². The number of anilines is 1. The summed E-state index contributed by atoms with van der Waals surface area (Å²) in [6, 6.07) is 4.06. The Kier molecular flexibility index (Phi) is 8.06. The van der Waals surface area contributed by atoms with Crippen LogP contribution < -0.4 is 11.1 Å². The van der Waals surface area contributed by atoms with Crippen LogP contribution in [-0.4, -0.2) is 50.1 Å². The molecule has 0 spiro atoms. The Morgan fingerprint density at radius 3 is 2.23 bits per heavy atom. The van der Waals surface area contributed by atoms with Crippen LogP contribution in [0.5, 0.6) is 0 Å². The normalized spacial score (nSPS) is 15.7. The molecule has 1 aliphatic rings. The lowest BCUT2D eigenvalue weighted by molar-refractivity contribution is -0.147. The van der Waals surface area contributed by atoms with E-state index >= 15 is 0 Å². The molecule has 0 bridgehead atoms. The summed E-state index contributed by atoms with van der Waals surface area (Å²) in [6.07, 6.45) is 1.20. The fourth-order valence-corrected chi connectivity index (χ4v) is 3.52. The fourth-order valence-electron chi connectivity index (χ4n) is 3.52. The van der Waals surface area contributed by atoms with Crippen LogP contribution in [0.1, 0.15) is 29.5 Å². The first-order valence-corrected chi connectivity index (χ1v) is 8.70. The summed E-state index contributed by atoms with van der Waals surface area (Å²) in [5, 5.41) is 2.94. The predicted molar refractivity (Wildman–Crippen MR) is 106 cm³/mol. The van der Waals surface area contributed by atoms with Crippen molar-refractivity contribution in [2.24, 2.45) is 11.1 Å². The number of likely N-dealkylation sites (N-methyl/N-ethyl adjacent to an activating group) is 1. The highest BCUT2D eigenvalue weighted by molar-refractivity contribution is 5.96. The zero-order valence-corrected chi connectivity index (χ0v) is 16.9. The van der Waals surface area contributed by atoms with Gasteiger partial charge in [0.1, 0.15) is 0 Å². The smallest absolute Gasteiger partial charge is 0.243 e. The lowest BCUT2D eigenvalue weighted by Gasteiger charge is -2.37. The van der Waals surface area contributed by atoms with Gasteiger partial charge in [0, 0.05) is 32.5 Å². The molecule has 0 radical (unpaired) electrons. The summed E-state index contributed by atoms with van der Waals surface area (Å²) < 4.78 is 5.35. The SMILES string of the molecule is Cc1cc(C)c(NC(=O)CN(C)C(=O)C2(CN)CCOCC2)c(C)c1.Cl. The molecular weight excluding hydrogens is 354 g/mol. The Hall–Kier alpha value is -1.63. The van der Waals surface area contributed by atoms with E-state index in [4.69, 9.17) is 10.5 Å². The largest absolute Gasteiger partial charge is 0.381 e. The van der Waals surface area contributed by atoms with Gasteiger partial charge in [-0.05, 0) is 44.7 Å². The Morgan fingerprint density at radius 1 is 1.19 bits per heavy atom. The number of nitrogens with one attached hydrogen (secondary N) is 1. The summed E-state index contributed by atoms with van der Waals surface area (Å²) in [5.74, 6) is -0.282. The third kappa shape index (κ3) is 4.96. The van der Waals surface area contributed by atoms with Gasteiger partial charge in [0.05, 0.1) is 12.0 Å². The maximum absolute atomic E-state index is 12.8. The van der Waals surface area contributed by atoms with Gasteiger partial charge in [-0.2, -0.15) is 0 Å². The monoisotopic (exact) mass is 383 g/mol. The van der Waals surface area contributed by atoms with Crippen LogP contribution in [0.4, 0.5) is 5.69 Å². The van der Waals surface area contributed by atoms with Crippen molar-refractivity contribution in [2.45, 2.75) is 33.6 Å². The predicted octanol–water partition coefficient (Wildman–Crippen LogP) is 2.19. The molecule has 0 aromatic heterocycles. The maximum atomic E-state index is 12.8. The van der Waals surface area contributed by atoms with Crippen LogP contribution in [0, 0.1) is 26.2 Å². The van der Waals surface area contributed by atoms with E-state index < -0.39 is 5.41 Å². The van der Waals surface area contributed by atoms with Crippen LogP contribution in [0.3, 0.4) is 0 Å². The fraction of sp³-hybridized carbons (Fsp3) is 0.579. The number of hydrogen-bond acceptors (Lipinski definition) is 4. The first kappa shape index (κ1) is 22.4. The number of rotatable bonds is 5. The molecule has 1 aliphatic heterocycles. The van der Waals surface area contributed by atoms with E-state index in [1.807, 2.05) is 32.9 Å². The summed E-state index contributed by atoms with van der Waals surface area (Å²) >= 11 is 0. The average Bonchev–Trinajstić information content (AvgIpc) is 2.58. The number of halogens is 1. The maximum Gasteiger partial charge on any atom is 0.243 e. The Balaban J connectivity index is 0.00000338. The molecule has 1 aromatic carbocycles. The van der Waals surface area contributed by atoms with Crippen molar-refractivity contribution < 1.29 is 14.3 Å². The number of nitrogens with two attached hydrogens (primary N) is 1. The molecule has 0 saturated carbocycles. The third-order valence-electron chi connectivity index (χ3n) is 4.96. The van der Waals surface area contributed by atoms with Gasteiger partial charge < -0.3 is 20.7 Å². The number of benzene rings is 1. The van der Waals surface area contributed by atoms with Crippen molar-refractivity contribution in [3.63, 3.8) is 0 Å². The molecule has 0 aliphatic carbocycles. The van der Waals surface area contributed by atoms with Gasteiger partial charge in [0.2, 0.25) is 11.8 Å². The molecule has 0 unspecified atom stereocenters. The quantitative estimate of drug-likeness (QED) is 0.816. The Morgan fingerprint density at radius 2 is 1.73 bits per heavy atom. The highest BCUT2D eigenvalue weighted by Gasteiger charge is 2.40. The molecule has 146 valence electrons. The molecule has 2 amide bonds. The molecule has 6 nitrogen and oxygen atoms in total. The topological polar surface area (TPSA) is 84.7 Å². The average molecular weight is 384 g/mol. The van der Waals surface area contributed by atoms with Crippen molar-refractivity contribution in [1.82, 2.24) is 4.90 Å². The standard InChI is InChI=1S/C19H29N3O3.ClH/c1-13-9-14(2)17(15(3)10-13)21-16(23)11-22(4)18(24)19(12-20)5-7-25-8-6-19;/h9-10H,5-8,11-12,20H2,1-4H3,(H,21,23);1H. The first-order valence-electron chi connectivity index (χ1n) is 8.70. The number of carbonyl (C=O) groups is 2. The van der Waals surface area contributed by atoms with E-state index in [-0.39, 0.29) is 37.3 Å². The number of nitrogens with zero attached hydrogens (tertiary/aromatic N) is 1. The molecular formula is C19H30ClN3O3. The molecule has 1 heterocycles. The van der Waals surface area contributed by atoms with E-state index in [0.29, 0.717) is 26.1 Å². The molecule has 1 saturated heterocycles. The van der Waals surface area contributed by atoms with Gasteiger partial charge >= 0.3 is 0 Å². The summed E-state index contributed by atoms with van der Waals surface area (Å²) in [7, 11) is 1.66. The minimum Gasteiger partial charge on any atom is -0.381 e. The van der Waals surface area contributed by atoms with Crippen molar-refractivity contribution in [2.75, 3.05) is 38.7 Å². The second kappa shape index (κ2) is 9.35. The molecule has 2 rings (SSSR count). The highest BCUT2D eigenvalue weighted by Crippen LogP contribution is 2.31. The minimum absolute atomic E-state index is 0. The number of aryl methyl sites for hydroxylation is 3. The lowest BCUT2D eigenvalue weighted by atomic mass is 9.79. The summed E-state index contributed by atoms with van der Waals surface area (Å²) in [6.45, 7) is 7.31. The van der Waals surface area contributed by atoms with Gasteiger partial charge in [-0.3, -0.25) is 9.59 Å².